The van der Waals surface area contributed by atoms with Crippen LogP contribution in [-0.2, 0) is 12.3 Å². The van der Waals surface area contributed by atoms with Crippen molar-refractivity contribution < 1.29 is 0 Å². The predicted molar refractivity (Wildman–Crippen MR) is 144 cm³/mol. The number of rotatable bonds is 6. The SMILES string of the molecule is Cc1ccc(P(Cc2ccccc2CP(c2ccc(C)cn2)C(C)(C)C)C(C)(C)C)nc1. The third-order valence-corrected chi connectivity index (χ3v) is 11.9. The number of benzene rings is 1. The van der Waals surface area contributed by atoms with Gasteiger partial charge in [-0.25, -0.2) is 0 Å². The van der Waals surface area contributed by atoms with Crippen LogP contribution in [0.15, 0.2) is 60.9 Å². The number of aromatic nitrogens is 2. The largest absolute Gasteiger partial charge is 0.256 e. The molecule has 170 valence electrons. The Kier molecular flexibility index (Phi) is 7.90. The lowest BCUT2D eigenvalue weighted by atomic mass is 10.1. The summed E-state index contributed by atoms with van der Waals surface area (Å²) >= 11 is 0. The van der Waals surface area contributed by atoms with E-state index in [-0.39, 0.29) is 10.3 Å². The quantitative estimate of drug-likeness (QED) is 0.358. The fourth-order valence-electron chi connectivity index (χ4n) is 3.77. The number of hydrogen-bond donors (Lipinski definition) is 0. The second-order valence-corrected chi connectivity index (χ2v) is 16.6. The van der Waals surface area contributed by atoms with Crippen molar-refractivity contribution in [3.05, 3.63) is 83.2 Å². The summed E-state index contributed by atoms with van der Waals surface area (Å²) in [6.07, 6.45) is 6.17. The smallest absolute Gasteiger partial charge is 0.0639 e. The highest BCUT2D eigenvalue weighted by Gasteiger charge is 2.30. The van der Waals surface area contributed by atoms with E-state index >= 15 is 0 Å². The molecule has 0 aliphatic heterocycles. The van der Waals surface area contributed by atoms with Crippen LogP contribution in [-0.4, -0.2) is 20.3 Å². The van der Waals surface area contributed by atoms with E-state index in [1.807, 2.05) is 12.4 Å². The number of hydrogen-bond acceptors (Lipinski definition) is 2. The van der Waals surface area contributed by atoms with E-state index in [9.17, 15) is 0 Å². The van der Waals surface area contributed by atoms with Gasteiger partial charge in [-0.05, 0) is 86.7 Å². The van der Waals surface area contributed by atoms with Crippen molar-refractivity contribution in [1.82, 2.24) is 9.97 Å². The Labute approximate surface area is 197 Å². The van der Waals surface area contributed by atoms with Crippen molar-refractivity contribution in [1.29, 1.82) is 0 Å². The van der Waals surface area contributed by atoms with Gasteiger partial charge in [0.2, 0.25) is 0 Å². The van der Waals surface area contributed by atoms with Crippen molar-refractivity contribution in [2.75, 3.05) is 0 Å². The molecule has 0 spiro atoms. The molecule has 0 aliphatic rings. The van der Waals surface area contributed by atoms with E-state index in [1.54, 1.807) is 0 Å². The highest BCUT2D eigenvalue weighted by atomic mass is 31.1. The summed E-state index contributed by atoms with van der Waals surface area (Å²) in [5, 5.41) is 0.385. The Morgan fingerprint density at radius 2 is 0.969 bits per heavy atom. The average Bonchev–Trinajstić information content (AvgIpc) is 2.71. The molecular formula is C28H38N2P2. The molecule has 0 amide bonds. The molecule has 32 heavy (non-hydrogen) atoms. The normalized spacial score (nSPS) is 14.2. The summed E-state index contributed by atoms with van der Waals surface area (Å²) in [6.45, 7) is 18.4. The van der Waals surface area contributed by atoms with E-state index in [2.05, 4.69) is 104 Å². The molecule has 0 N–H and O–H groups in total. The Balaban J connectivity index is 1.96. The van der Waals surface area contributed by atoms with Gasteiger partial charge < -0.3 is 0 Å². The zero-order valence-electron chi connectivity index (χ0n) is 21.0. The zero-order valence-corrected chi connectivity index (χ0v) is 22.8. The van der Waals surface area contributed by atoms with Crippen molar-refractivity contribution in [3.63, 3.8) is 0 Å². The monoisotopic (exact) mass is 464 g/mol. The molecule has 3 rings (SSSR count). The first-order valence-corrected chi connectivity index (χ1v) is 14.5. The Hall–Kier alpha value is -1.62. The van der Waals surface area contributed by atoms with Gasteiger partial charge >= 0.3 is 0 Å². The molecule has 0 aliphatic carbocycles. The van der Waals surface area contributed by atoms with E-state index < -0.39 is 15.8 Å². The van der Waals surface area contributed by atoms with Gasteiger partial charge in [0.1, 0.15) is 0 Å². The fraction of sp³-hybridized carbons (Fsp3) is 0.429. The van der Waals surface area contributed by atoms with E-state index in [0.717, 1.165) is 12.3 Å². The predicted octanol–water partition coefficient (Wildman–Crippen LogP) is 7.31. The van der Waals surface area contributed by atoms with Gasteiger partial charge in [-0.1, -0.05) is 77.9 Å². The fourth-order valence-corrected chi connectivity index (χ4v) is 8.62. The summed E-state index contributed by atoms with van der Waals surface area (Å²) in [5.74, 6) is 0. The molecule has 2 aromatic heterocycles. The third-order valence-electron chi connectivity index (χ3n) is 5.74. The van der Waals surface area contributed by atoms with Crippen LogP contribution in [0.25, 0.3) is 0 Å². The molecule has 2 atom stereocenters. The van der Waals surface area contributed by atoms with Gasteiger partial charge in [0, 0.05) is 12.4 Å². The molecule has 0 saturated heterocycles. The third kappa shape index (κ3) is 6.46. The minimum Gasteiger partial charge on any atom is -0.256 e. The maximum Gasteiger partial charge on any atom is 0.0639 e. The first kappa shape index (κ1) is 25.0. The van der Waals surface area contributed by atoms with Gasteiger partial charge in [0.15, 0.2) is 0 Å². The van der Waals surface area contributed by atoms with Crippen molar-refractivity contribution >= 4 is 26.7 Å². The maximum atomic E-state index is 4.85. The van der Waals surface area contributed by atoms with Crippen LogP contribution >= 0.6 is 15.8 Å². The zero-order chi connectivity index (χ0) is 23.5. The van der Waals surface area contributed by atoms with Gasteiger partial charge in [0.25, 0.3) is 0 Å². The molecule has 2 heterocycles. The van der Waals surface area contributed by atoms with Crippen LogP contribution in [0.2, 0.25) is 0 Å². The second-order valence-electron chi connectivity index (χ2n) is 10.7. The molecule has 0 saturated carbocycles. The molecule has 2 nitrogen and oxygen atoms in total. The molecule has 3 aromatic rings. The van der Waals surface area contributed by atoms with E-state index in [1.165, 1.54) is 33.1 Å². The van der Waals surface area contributed by atoms with Crippen LogP contribution in [0.5, 0.6) is 0 Å². The van der Waals surface area contributed by atoms with Gasteiger partial charge in [-0.15, -0.1) is 0 Å². The molecule has 0 radical (unpaired) electrons. The molecular weight excluding hydrogens is 426 g/mol. The van der Waals surface area contributed by atoms with Crippen LogP contribution in [0.1, 0.15) is 63.8 Å². The van der Waals surface area contributed by atoms with Gasteiger partial charge in [-0.3, -0.25) is 9.97 Å². The number of aryl methyl sites for hydroxylation is 2. The average molecular weight is 465 g/mol. The minimum absolute atomic E-state index is 0.192. The number of nitrogens with zero attached hydrogens (tertiary/aromatic N) is 2. The Morgan fingerprint density at radius 1 is 0.594 bits per heavy atom. The first-order valence-electron chi connectivity index (χ1n) is 11.4. The molecule has 0 bridgehead atoms. The summed E-state index contributed by atoms with van der Waals surface area (Å²) < 4.78 is 0. The van der Waals surface area contributed by atoms with Crippen LogP contribution < -0.4 is 10.9 Å². The topological polar surface area (TPSA) is 25.8 Å². The highest BCUT2D eigenvalue weighted by Crippen LogP contribution is 2.54. The summed E-state index contributed by atoms with van der Waals surface area (Å²) in [5.41, 5.74) is 7.90. The van der Waals surface area contributed by atoms with Gasteiger partial charge in [0.05, 0.1) is 10.9 Å². The van der Waals surface area contributed by atoms with Crippen LogP contribution in [0.3, 0.4) is 0 Å². The Bertz CT molecular complexity index is 929. The van der Waals surface area contributed by atoms with Crippen LogP contribution in [0, 0.1) is 13.8 Å². The summed E-state index contributed by atoms with van der Waals surface area (Å²) in [4.78, 5) is 9.70. The lowest BCUT2D eigenvalue weighted by Gasteiger charge is -2.34. The molecule has 4 heteroatoms. The number of pyridine rings is 2. The molecule has 2 unspecified atom stereocenters. The highest BCUT2D eigenvalue weighted by molar-refractivity contribution is 7.66. The van der Waals surface area contributed by atoms with E-state index in [0.29, 0.717) is 0 Å². The Morgan fingerprint density at radius 3 is 1.25 bits per heavy atom. The lowest BCUT2D eigenvalue weighted by molar-refractivity contribution is 0.782. The minimum atomic E-state index is -0.433. The lowest BCUT2D eigenvalue weighted by Crippen LogP contribution is -2.24. The van der Waals surface area contributed by atoms with E-state index in [4.69, 9.17) is 9.97 Å². The molecule has 1 aromatic carbocycles. The molecule has 0 fully saturated rings. The standard InChI is InChI=1S/C28H38N2P2/c1-21-13-15-25(29-17-21)31(27(3,4)5)19-23-11-9-10-12-24(23)20-32(28(6,7)8)26-16-14-22(2)18-30-26/h9-18H,19-20H2,1-8H3. The van der Waals surface area contributed by atoms with Crippen LogP contribution in [0.4, 0.5) is 0 Å². The maximum absolute atomic E-state index is 4.85. The second kappa shape index (κ2) is 10.1. The first-order chi connectivity index (χ1) is 14.9. The van der Waals surface area contributed by atoms with Crippen molar-refractivity contribution in [2.24, 2.45) is 0 Å². The summed E-state index contributed by atoms with van der Waals surface area (Å²) in [7, 11) is -0.866. The summed E-state index contributed by atoms with van der Waals surface area (Å²) in [6, 6.07) is 18.0. The van der Waals surface area contributed by atoms with Crippen molar-refractivity contribution in [2.45, 2.75) is 78.0 Å². The van der Waals surface area contributed by atoms with Gasteiger partial charge in [-0.2, -0.15) is 0 Å². The van der Waals surface area contributed by atoms with Crippen molar-refractivity contribution in [3.8, 4) is 0 Å².